The number of piperidine rings is 1. The van der Waals surface area contributed by atoms with Crippen molar-refractivity contribution in [2.45, 2.75) is 43.7 Å². The number of nitrogens with zero attached hydrogens (tertiary/aromatic N) is 1. The molecule has 1 N–H and O–H groups in total. The highest BCUT2D eigenvalue weighted by Gasteiger charge is 2.39. The summed E-state index contributed by atoms with van der Waals surface area (Å²) in [6.45, 7) is -0.0961. The minimum absolute atomic E-state index is 0.0363. The average Bonchev–Trinajstić information content (AvgIpc) is 3.00. The van der Waals surface area contributed by atoms with Gasteiger partial charge in [-0.15, -0.1) is 0 Å². The van der Waals surface area contributed by atoms with Gasteiger partial charge < -0.3 is 19.4 Å². The molecule has 4 aromatic rings. The van der Waals surface area contributed by atoms with Gasteiger partial charge in [-0.3, -0.25) is 14.4 Å². The molecule has 7 nitrogen and oxygen atoms in total. The molecule has 2 heterocycles. The Hall–Kier alpha value is -4.52. The SMILES string of the molecule is COc1ccc2oc(C(=O)NC3CCN(C(=O)c4cc(C(F)(F)F)cc(C(F)(F)F)c4)C(Cc4ccc(Cl)cc4)C3)cc(=O)c2c1. The van der Waals surface area contributed by atoms with Gasteiger partial charge in [0.2, 0.25) is 0 Å². The molecule has 46 heavy (non-hydrogen) atoms. The van der Waals surface area contributed by atoms with Crippen molar-refractivity contribution in [2.24, 2.45) is 0 Å². The fourth-order valence-electron chi connectivity index (χ4n) is 5.41. The van der Waals surface area contributed by atoms with Crippen LogP contribution in [0, 0.1) is 0 Å². The Morgan fingerprint density at radius 2 is 1.61 bits per heavy atom. The predicted octanol–water partition coefficient (Wildman–Crippen LogP) is 7.14. The Bertz CT molecular complexity index is 1810. The van der Waals surface area contributed by atoms with Crippen LogP contribution < -0.4 is 15.5 Å². The Balaban J connectivity index is 1.42. The molecule has 242 valence electrons. The van der Waals surface area contributed by atoms with E-state index in [1.54, 1.807) is 30.3 Å². The van der Waals surface area contributed by atoms with Gasteiger partial charge in [0.25, 0.3) is 11.8 Å². The first-order chi connectivity index (χ1) is 21.6. The van der Waals surface area contributed by atoms with Crippen molar-refractivity contribution in [3.8, 4) is 5.75 Å². The highest BCUT2D eigenvalue weighted by Crippen LogP contribution is 2.37. The van der Waals surface area contributed by atoms with Crippen LogP contribution in [0.1, 0.15) is 50.4 Å². The minimum Gasteiger partial charge on any atom is -0.497 e. The second-order valence-corrected chi connectivity index (χ2v) is 11.2. The van der Waals surface area contributed by atoms with Crippen LogP contribution in [0.2, 0.25) is 5.02 Å². The lowest BCUT2D eigenvalue weighted by molar-refractivity contribution is -0.143. The molecule has 1 aliphatic rings. The summed E-state index contributed by atoms with van der Waals surface area (Å²) in [5.74, 6) is -1.57. The zero-order valence-electron chi connectivity index (χ0n) is 24.0. The number of halogens is 7. The molecule has 2 unspecified atom stereocenters. The molecule has 0 aliphatic carbocycles. The van der Waals surface area contributed by atoms with Gasteiger partial charge in [0, 0.05) is 35.3 Å². The number of fused-ring (bicyclic) bond motifs is 1. The third-order valence-electron chi connectivity index (χ3n) is 7.69. The zero-order valence-corrected chi connectivity index (χ0v) is 24.7. The summed E-state index contributed by atoms with van der Waals surface area (Å²) in [6.07, 6.45) is -9.87. The number of hydrogen-bond donors (Lipinski definition) is 1. The topological polar surface area (TPSA) is 88.8 Å². The van der Waals surface area contributed by atoms with Crippen LogP contribution in [0.5, 0.6) is 5.75 Å². The van der Waals surface area contributed by atoms with Crippen molar-refractivity contribution < 1.29 is 45.1 Å². The van der Waals surface area contributed by atoms with Gasteiger partial charge in [0.05, 0.1) is 23.6 Å². The van der Waals surface area contributed by atoms with Crippen molar-refractivity contribution in [2.75, 3.05) is 13.7 Å². The maximum Gasteiger partial charge on any atom is 0.416 e. The van der Waals surface area contributed by atoms with Gasteiger partial charge in [0.1, 0.15) is 11.3 Å². The average molecular weight is 667 g/mol. The number of alkyl halides is 6. The summed E-state index contributed by atoms with van der Waals surface area (Å²) in [5, 5.41) is 3.42. The van der Waals surface area contributed by atoms with E-state index in [2.05, 4.69) is 5.32 Å². The van der Waals surface area contributed by atoms with Crippen LogP contribution in [0.4, 0.5) is 26.3 Å². The monoisotopic (exact) mass is 666 g/mol. The van der Waals surface area contributed by atoms with E-state index in [1.807, 2.05) is 0 Å². The minimum atomic E-state index is -5.12. The van der Waals surface area contributed by atoms with Crippen LogP contribution in [-0.2, 0) is 18.8 Å². The van der Waals surface area contributed by atoms with Gasteiger partial charge in [-0.2, -0.15) is 26.3 Å². The van der Waals surface area contributed by atoms with Gasteiger partial charge >= 0.3 is 12.4 Å². The van der Waals surface area contributed by atoms with E-state index in [0.717, 1.165) is 6.07 Å². The molecule has 0 saturated carbocycles. The standard InChI is InChI=1S/C32H25ClF6N2O5/c1-45-24-6-7-27-25(15-24)26(42)16-28(46-27)29(43)40-22-8-9-41(23(14-22)10-17-2-4-21(33)5-3-17)30(44)18-11-19(31(34,35)36)13-20(12-18)32(37,38)39/h2-7,11-13,15-16,22-23H,8-10,14H2,1H3,(H,40,43). The fraction of sp³-hybridized carbons (Fsp3) is 0.281. The summed E-state index contributed by atoms with van der Waals surface area (Å²) in [7, 11) is 1.43. The molecule has 0 spiro atoms. The highest BCUT2D eigenvalue weighted by atomic mass is 35.5. The van der Waals surface area contributed by atoms with Crippen molar-refractivity contribution in [1.29, 1.82) is 0 Å². The number of methoxy groups -OCH3 is 1. The van der Waals surface area contributed by atoms with Crippen molar-refractivity contribution in [3.05, 3.63) is 110 Å². The van der Waals surface area contributed by atoms with Crippen LogP contribution in [0.3, 0.4) is 0 Å². The fourth-order valence-corrected chi connectivity index (χ4v) is 5.54. The number of rotatable bonds is 6. The van der Waals surface area contributed by atoms with E-state index in [-0.39, 0.29) is 48.6 Å². The van der Waals surface area contributed by atoms with Crippen molar-refractivity contribution in [3.63, 3.8) is 0 Å². The number of benzene rings is 3. The van der Waals surface area contributed by atoms with Crippen LogP contribution in [0.25, 0.3) is 11.0 Å². The smallest absolute Gasteiger partial charge is 0.416 e. The van der Waals surface area contributed by atoms with Gasteiger partial charge in [-0.1, -0.05) is 23.7 Å². The summed E-state index contributed by atoms with van der Waals surface area (Å²) >= 11 is 5.98. The second kappa shape index (κ2) is 12.7. The number of carbonyl (C=O) groups excluding carboxylic acids is 2. The first-order valence-corrected chi connectivity index (χ1v) is 14.3. The molecule has 3 aromatic carbocycles. The number of likely N-dealkylation sites (tertiary alicyclic amines) is 1. The largest absolute Gasteiger partial charge is 0.497 e. The number of hydrogen-bond acceptors (Lipinski definition) is 5. The third kappa shape index (κ3) is 7.30. The lowest BCUT2D eigenvalue weighted by Crippen LogP contribution is -2.52. The summed E-state index contributed by atoms with van der Waals surface area (Å²) < 4.78 is 91.9. The van der Waals surface area contributed by atoms with Crippen molar-refractivity contribution in [1.82, 2.24) is 10.2 Å². The highest BCUT2D eigenvalue weighted by molar-refractivity contribution is 6.30. The number of ether oxygens (including phenoxy) is 1. The molecule has 0 radical (unpaired) electrons. The quantitative estimate of drug-likeness (QED) is 0.221. The molecule has 1 fully saturated rings. The van der Waals surface area contributed by atoms with Crippen LogP contribution in [-0.4, -0.2) is 42.5 Å². The van der Waals surface area contributed by atoms with Crippen molar-refractivity contribution >= 4 is 34.4 Å². The van der Waals surface area contributed by atoms with E-state index in [0.29, 0.717) is 28.5 Å². The zero-order chi connectivity index (χ0) is 33.4. The van der Waals surface area contributed by atoms with Gasteiger partial charge in [-0.25, -0.2) is 0 Å². The first kappa shape index (κ1) is 32.9. The third-order valence-corrected chi connectivity index (χ3v) is 7.94. The molecule has 2 atom stereocenters. The molecular weight excluding hydrogens is 642 g/mol. The normalized spacial score (nSPS) is 17.2. The molecule has 1 saturated heterocycles. The van der Waals surface area contributed by atoms with Gasteiger partial charge in [0.15, 0.2) is 11.2 Å². The Kier molecular flexibility index (Phi) is 9.07. The molecule has 1 aromatic heterocycles. The predicted molar refractivity (Wildman–Crippen MR) is 156 cm³/mol. The summed E-state index contributed by atoms with van der Waals surface area (Å²) in [6, 6.07) is 11.6. The molecule has 5 rings (SSSR count). The van der Waals surface area contributed by atoms with E-state index < -0.39 is 58.4 Å². The van der Waals surface area contributed by atoms with E-state index in [9.17, 15) is 40.7 Å². The lowest BCUT2D eigenvalue weighted by Gasteiger charge is -2.40. The Labute approximate surface area is 262 Å². The Morgan fingerprint density at radius 1 is 0.957 bits per heavy atom. The number of nitrogens with one attached hydrogen (secondary N) is 1. The van der Waals surface area contributed by atoms with E-state index >= 15 is 0 Å². The van der Waals surface area contributed by atoms with Crippen LogP contribution in [0.15, 0.2) is 75.9 Å². The maximum atomic E-state index is 13.6. The Morgan fingerprint density at radius 3 is 2.22 bits per heavy atom. The maximum absolute atomic E-state index is 13.6. The van der Waals surface area contributed by atoms with E-state index in [1.165, 1.54) is 24.1 Å². The summed E-state index contributed by atoms with van der Waals surface area (Å²) in [4.78, 5) is 40.6. The second-order valence-electron chi connectivity index (χ2n) is 10.8. The van der Waals surface area contributed by atoms with E-state index in [4.69, 9.17) is 20.8 Å². The molecular formula is C32H25ClF6N2O5. The lowest BCUT2D eigenvalue weighted by atomic mass is 9.91. The first-order valence-electron chi connectivity index (χ1n) is 13.9. The number of carbonyl (C=O) groups is 2. The molecule has 2 amide bonds. The molecule has 14 heteroatoms. The number of amides is 2. The summed E-state index contributed by atoms with van der Waals surface area (Å²) in [5.41, 5.74) is -3.60. The molecule has 0 bridgehead atoms. The van der Waals surface area contributed by atoms with Crippen LogP contribution >= 0.6 is 11.6 Å². The molecule has 1 aliphatic heterocycles. The van der Waals surface area contributed by atoms with Gasteiger partial charge in [-0.05, 0) is 73.4 Å².